The highest BCUT2D eigenvalue weighted by Crippen LogP contribution is 2.11. The van der Waals surface area contributed by atoms with E-state index in [9.17, 15) is 4.79 Å². The molecular weight excluding hydrogens is 414 g/mol. The van der Waals surface area contributed by atoms with E-state index in [0.29, 0.717) is 24.7 Å². The van der Waals surface area contributed by atoms with Gasteiger partial charge in [-0.3, -0.25) is 4.57 Å². The maximum absolute atomic E-state index is 12.4. The molecule has 4 N–H and O–H groups in total. The second-order valence-corrected chi connectivity index (χ2v) is 8.73. The highest BCUT2D eigenvalue weighted by molar-refractivity contribution is 5.50. The smallest absolute Gasteiger partial charge is 0.330 e. The first-order valence-electron chi connectivity index (χ1n) is 12.5. The van der Waals surface area contributed by atoms with Crippen LogP contribution in [-0.2, 0) is 13.1 Å². The van der Waals surface area contributed by atoms with Crippen LogP contribution in [0.1, 0.15) is 58.4 Å². The number of rotatable bonds is 17. The summed E-state index contributed by atoms with van der Waals surface area (Å²) >= 11 is 0. The summed E-state index contributed by atoms with van der Waals surface area (Å²) in [5.74, 6) is 1.97. The van der Waals surface area contributed by atoms with Crippen LogP contribution in [0.2, 0.25) is 0 Å². The number of nitrogens with zero attached hydrogens (tertiary/aromatic N) is 4. The number of hydrogen-bond acceptors (Lipinski definition) is 7. The predicted octanol–water partition coefficient (Wildman–Crippen LogP) is 3.36. The van der Waals surface area contributed by atoms with Crippen LogP contribution in [0.25, 0.3) is 0 Å². The number of aryl methyl sites for hydroxylation is 1. The van der Waals surface area contributed by atoms with Crippen molar-refractivity contribution in [1.29, 1.82) is 0 Å². The van der Waals surface area contributed by atoms with E-state index in [0.717, 1.165) is 63.5 Å². The minimum Gasteiger partial charge on any atom is -0.330 e. The Morgan fingerprint density at radius 3 is 2.64 bits per heavy atom. The number of aromatic nitrogens is 3. The van der Waals surface area contributed by atoms with Gasteiger partial charge in [0.15, 0.2) is 0 Å². The molecule has 184 valence electrons. The second-order valence-electron chi connectivity index (χ2n) is 8.73. The third-order valence-corrected chi connectivity index (χ3v) is 6.05. The molecule has 0 spiro atoms. The molecule has 2 aromatic rings. The van der Waals surface area contributed by atoms with Crippen LogP contribution >= 0.6 is 0 Å². The summed E-state index contributed by atoms with van der Waals surface area (Å²) in [4.78, 5) is 23.5. The van der Waals surface area contributed by atoms with Crippen LogP contribution in [-0.4, -0.2) is 52.2 Å². The molecule has 0 aliphatic carbocycles. The molecule has 0 amide bonds. The molecular formula is C25H43N7O. The largest absolute Gasteiger partial charge is 0.349 e. The molecule has 8 nitrogen and oxygen atoms in total. The third kappa shape index (κ3) is 10.5. The quantitative estimate of drug-likeness (QED) is 0.313. The van der Waals surface area contributed by atoms with Gasteiger partial charge in [-0.1, -0.05) is 33.3 Å². The molecule has 0 saturated heterocycles. The van der Waals surface area contributed by atoms with E-state index in [1.54, 1.807) is 4.57 Å². The van der Waals surface area contributed by atoms with E-state index in [4.69, 9.17) is 5.73 Å². The van der Waals surface area contributed by atoms with E-state index >= 15 is 0 Å². The monoisotopic (exact) mass is 457 g/mol. The summed E-state index contributed by atoms with van der Waals surface area (Å²) in [5, 5.41) is 6.44. The maximum Gasteiger partial charge on any atom is 0.349 e. The van der Waals surface area contributed by atoms with Gasteiger partial charge in [0.05, 0.1) is 0 Å². The third-order valence-electron chi connectivity index (χ3n) is 6.05. The molecule has 0 aromatic carbocycles. The lowest BCUT2D eigenvalue weighted by Crippen LogP contribution is -2.27. The Balaban J connectivity index is 1.76. The van der Waals surface area contributed by atoms with Crippen molar-refractivity contribution in [2.24, 2.45) is 11.7 Å². The average Bonchev–Trinajstić information content (AvgIpc) is 2.83. The van der Waals surface area contributed by atoms with Crippen molar-refractivity contribution in [3.05, 3.63) is 46.6 Å². The lowest BCUT2D eigenvalue weighted by molar-refractivity contribution is 0.258. The zero-order valence-electron chi connectivity index (χ0n) is 20.7. The van der Waals surface area contributed by atoms with Crippen molar-refractivity contribution in [2.45, 2.75) is 66.0 Å². The summed E-state index contributed by atoms with van der Waals surface area (Å²) in [5.41, 5.74) is 6.37. The van der Waals surface area contributed by atoms with E-state index in [1.807, 2.05) is 30.6 Å². The van der Waals surface area contributed by atoms with Gasteiger partial charge in [-0.25, -0.2) is 9.78 Å². The van der Waals surface area contributed by atoms with Crippen LogP contribution in [0.15, 0.2) is 35.4 Å². The topological polar surface area (TPSA) is 101 Å². The average molecular weight is 458 g/mol. The number of anilines is 2. The molecule has 2 aromatic heterocycles. The fourth-order valence-electron chi connectivity index (χ4n) is 3.52. The zero-order chi connectivity index (χ0) is 23.9. The Labute approximate surface area is 199 Å². The molecule has 0 saturated carbocycles. The van der Waals surface area contributed by atoms with Crippen molar-refractivity contribution in [2.75, 3.05) is 38.0 Å². The van der Waals surface area contributed by atoms with Gasteiger partial charge in [0, 0.05) is 25.5 Å². The number of hydrogen-bond donors (Lipinski definition) is 3. The van der Waals surface area contributed by atoms with Crippen LogP contribution in [0.3, 0.4) is 0 Å². The molecule has 0 aliphatic heterocycles. The van der Waals surface area contributed by atoms with E-state index < -0.39 is 0 Å². The Hall–Kier alpha value is -2.29. The van der Waals surface area contributed by atoms with E-state index in [-0.39, 0.29) is 5.69 Å². The highest BCUT2D eigenvalue weighted by Gasteiger charge is 2.06. The fourth-order valence-corrected chi connectivity index (χ4v) is 3.52. The Kier molecular flexibility index (Phi) is 12.7. The van der Waals surface area contributed by atoms with Crippen molar-refractivity contribution >= 4 is 11.6 Å². The standard InChI is InChI=1S/C25H43N7O/c1-4-21(3)11-17-31(5-2)15-6-7-16-32-18-12-24(30-25(32)33)29-23-10-9-22(20-28-23)19-27-14-8-13-26/h9-10,12,18,20-21,27H,4-8,11,13-17,19,26H2,1-3H3,(H,28,29,30,33). The second kappa shape index (κ2) is 15.5. The lowest BCUT2D eigenvalue weighted by Gasteiger charge is -2.22. The van der Waals surface area contributed by atoms with Gasteiger partial charge in [-0.15, -0.1) is 0 Å². The van der Waals surface area contributed by atoms with Gasteiger partial charge in [0.2, 0.25) is 0 Å². The SMILES string of the molecule is CCC(C)CCN(CC)CCCCn1ccc(Nc2ccc(CNCCCN)cn2)nc1=O. The molecule has 0 fully saturated rings. The molecule has 0 bridgehead atoms. The van der Waals surface area contributed by atoms with Crippen LogP contribution in [0.5, 0.6) is 0 Å². The predicted molar refractivity (Wildman–Crippen MR) is 137 cm³/mol. The molecule has 33 heavy (non-hydrogen) atoms. The molecule has 2 heterocycles. The first-order valence-corrected chi connectivity index (χ1v) is 12.5. The molecule has 2 rings (SSSR count). The molecule has 0 radical (unpaired) electrons. The van der Waals surface area contributed by atoms with Gasteiger partial charge in [0.1, 0.15) is 11.6 Å². The normalized spacial score (nSPS) is 12.3. The molecule has 1 atom stereocenters. The van der Waals surface area contributed by atoms with Gasteiger partial charge in [-0.05, 0) is 82.0 Å². The number of unbranched alkanes of at least 4 members (excludes halogenated alkanes) is 1. The van der Waals surface area contributed by atoms with Gasteiger partial charge < -0.3 is 21.3 Å². The van der Waals surface area contributed by atoms with Gasteiger partial charge >= 0.3 is 5.69 Å². The van der Waals surface area contributed by atoms with E-state index in [2.05, 4.69) is 46.3 Å². The first-order chi connectivity index (χ1) is 16.0. The summed E-state index contributed by atoms with van der Waals surface area (Å²) in [6.45, 7) is 13.2. The van der Waals surface area contributed by atoms with Crippen molar-refractivity contribution in [1.82, 2.24) is 24.8 Å². The zero-order valence-corrected chi connectivity index (χ0v) is 20.7. The van der Waals surface area contributed by atoms with Gasteiger partial charge in [0.25, 0.3) is 0 Å². The van der Waals surface area contributed by atoms with Crippen molar-refractivity contribution in [3.63, 3.8) is 0 Å². The Morgan fingerprint density at radius 2 is 1.97 bits per heavy atom. The van der Waals surface area contributed by atoms with Crippen molar-refractivity contribution < 1.29 is 0 Å². The van der Waals surface area contributed by atoms with Crippen LogP contribution in [0, 0.1) is 5.92 Å². The Morgan fingerprint density at radius 1 is 1.12 bits per heavy atom. The fraction of sp³-hybridized carbons (Fsp3) is 0.640. The summed E-state index contributed by atoms with van der Waals surface area (Å²) in [6.07, 6.45) is 9.14. The first kappa shape index (κ1) is 27.0. The summed E-state index contributed by atoms with van der Waals surface area (Å²) in [7, 11) is 0. The maximum atomic E-state index is 12.4. The lowest BCUT2D eigenvalue weighted by atomic mass is 10.1. The minimum absolute atomic E-state index is 0.232. The van der Waals surface area contributed by atoms with Crippen LogP contribution < -0.4 is 22.1 Å². The molecule has 8 heteroatoms. The van der Waals surface area contributed by atoms with E-state index in [1.165, 1.54) is 12.8 Å². The number of nitrogens with one attached hydrogen (secondary N) is 2. The molecule has 1 unspecified atom stereocenters. The summed E-state index contributed by atoms with van der Waals surface area (Å²) < 4.78 is 1.68. The Bertz CT molecular complexity index is 837. The number of pyridine rings is 1. The van der Waals surface area contributed by atoms with Crippen molar-refractivity contribution in [3.8, 4) is 0 Å². The minimum atomic E-state index is -0.232. The number of nitrogens with two attached hydrogens (primary N) is 1. The van der Waals surface area contributed by atoms with Crippen LogP contribution in [0.4, 0.5) is 11.6 Å². The highest BCUT2D eigenvalue weighted by atomic mass is 16.1. The molecule has 0 aliphatic rings. The summed E-state index contributed by atoms with van der Waals surface area (Å²) in [6, 6.07) is 5.73. The van der Waals surface area contributed by atoms with Gasteiger partial charge in [-0.2, -0.15) is 4.98 Å².